The second-order valence-electron chi connectivity index (χ2n) is 5.85. The van der Waals surface area contributed by atoms with E-state index in [0.717, 1.165) is 23.7 Å². The molecule has 0 aliphatic heterocycles. The van der Waals surface area contributed by atoms with Crippen molar-refractivity contribution in [2.75, 3.05) is 13.2 Å². The van der Waals surface area contributed by atoms with Crippen molar-refractivity contribution < 1.29 is 9.84 Å². The van der Waals surface area contributed by atoms with E-state index in [1.807, 2.05) is 6.07 Å². The standard InChI is InChI=1S/C19H32O2Se/c1-2-3-4-5-6-7-11-14-21-15-19(20)17-22-16-18-12-9-8-10-13-18/h8-10,12-13,19-20H,2-7,11,14-17H2,1H3. The molecule has 22 heavy (non-hydrogen) atoms. The van der Waals surface area contributed by atoms with Crippen LogP contribution in [0.15, 0.2) is 30.3 Å². The van der Waals surface area contributed by atoms with Crippen LogP contribution in [-0.2, 0) is 10.1 Å². The van der Waals surface area contributed by atoms with Crippen molar-refractivity contribution >= 4 is 15.0 Å². The van der Waals surface area contributed by atoms with Crippen LogP contribution in [0.3, 0.4) is 0 Å². The summed E-state index contributed by atoms with van der Waals surface area (Å²) in [6.45, 7) is 3.56. The Balaban J connectivity index is 1.86. The molecule has 3 heteroatoms. The first kappa shape index (κ1) is 19.7. The van der Waals surface area contributed by atoms with Gasteiger partial charge in [0.15, 0.2) is 0 Å². The predicted molar refractivity (Wildman–Crippen MR) is 95.5 cm³/mol. The number of ether oxygens (including phenoxy) is 1. The van der Waals surface area contributed by atoms with Crippen LogP contribution in [0.4, 0.5) is 0 Å². The molecule has 1 aromatic carbocycles. The van der Waals surface area contributed by atoms with Crippen molar-refractivity contribution in [1.29, 1.82) is 0 Å². The molecule has 0 saturated heterocycles. The van der Waals surface area contributed by atoms with E-state index >= 15 is 0 Å². The number of aliphatic hydroxyl groups is 1. The van der Waals surface area contributed by atoms with Gasteiger partial charge >= 0.3 is 136 Å². The SMILES string of the molecule is CCCCCCCCCOCC(O)C[Se]Cc1ccccc1. The van der Waals surface area contributed by atoms with Gasteiger partial charge < -0.3 is 0 Å². The monoisotopic (exact) mass is 372 g/mol. The summed E-state index contributed by atoms with van der Waals surface area (Å²) in [4.78, 5) is 0. The Morgan fingerprint density at radius 1 is 1.00 bits per heavy atom. The Bertz CT molecular complexity index is 343. The Labute approximate surface area is 142 Å². The average Bonchev–Trinajstić information content (AvgIpc) is 2.54. The van der Waals surface area contributed by atoms with E-state index in [2.05, 4.69) is 31.2 Å². The van der Waals surface area contributed by atoms with E-state index in [9.17, 15) is 5.11 Å². The van der Waals surface area contributed by atoms with Gasteiger partial charge in [0.05, 0.1) is 0 Å². The second kappa shape index (κ2) is 14.3. The Kier molecular flexibility index (Phi) is 12.8. The summed E-state index contributed by atoms with van der Waals surface area (Å²) < 4.78 is 5.59. The Morgan fingerprint density at radius 3 is 2.41 bits per heavy atom. The van der Waals surface area contributed by atoms with Crippen LogP contribution in [0.1, 0.15) is 57.4 Å². The molecule has 1 aromatic rings. The van der Waals surface area contributed by atoms with Crippen molar-refractivity contribution in [2.45, 2.75) is 68.6 Å². The van der Waals surface area contributed by atoms with Crippen LogP contribution < -0.4 is 0 Å². The molecule has 0 aliphatic rings. The predicted octanol–water partition coefficient (Wildman–Crippen LogP) is 4.44. The Morgan fingerprint density at radius 2 is 1.68 bits per heavy atom. The first-order chi connectivity index (χ1) is 10.8. The van der Waals surface area contributed by atoms with E-state index in [-0.39, 0.29) is 6.10 Å². The van der Waals surface area contributed by atoms with Gasteiger partial charge in [-0.2, -0.15) is 0 Å². The summed E-state index contributed by atoms with van der Waals surface area (Å²) in [5, 5.41) is 11.9. The van der Waals surface area contributed by atoms with E-state index in [4.69, 9.17) is 4.74 Å². The third-order valence-corrected chi connectivity index (χ3v) is 6.05. The van der Waals surface area contributed by atoms with Crippen LogP contribution in [0.5, 0.6) is 0 Å². The van der Waals surface area contributed by atoms with Crippen molar-refractivity contribution in [3.05, 3.63) is 35.9 Å². The summed E-state index contributed by atoms with van der Waals surface area (Å²) in [5.41, 5.74) is 1.37. The molecule has 1 atom stereocenters. The minimum absolute atomic E-state index is 0.284. The van der Waals surface area contributed by atoms with E-state index in [0.29, 0.717) is 21.6 Å². The van der Waals surface area contributed by atoms with E-state index < -0.39 is 0 Å². The van der Waals surface area contributed by atoms with Crippen LogP contribution in [0, 0.1) is 0 Å². The van der Waals surface area contributed by atoms with Gasteiger partial charge in [-0.15, -0.1) is 0 Å². The molecule has 0 saturated carbocycles. The van der Waals surface area contributed by atoms with Gasteiger partial charge in [0.25, 0.3) is 0 Å². The molecule has 0 radical (unpaired) electrons. The van der Waals surface area contributed by atoms with Gasteiger partial charge in [-0.25, -0.2) is 0 Å². The van der Waals surface area contributed by atoms with Gasteiger partial charge in [-0.3, -0.25) is 0 Å². The zero-order chi connectivity index (χ0) is 15.9. The number of hydrogen-bond acceptors (Lipinski definition) is 2. The van der Waals surface area contributed by atoms with Crippen molar-refractivity contribution in [3.8, 4) is 0 Å². The van der Waals surface area contributed by atoms with Crippen LogP contribution in [-0.4, -0.2) is 39.4 Å². The molecule has 0 fully saturated rings. The number of rotatable bonds is 14. The van der Waals surface area contributed by atoms with Crippen LogP contribution in [0.2, 0.25) is 5.32 Å². The topological polar surface area (TPSA) is 29.5 Å². The minimum atomic E-state index is -0.284. The average molecular weight is 371 g/mol. The molecular weight excluding hydrogens is 339 g/mol. The molecule has 0 spiro atoms. The van der Waals surface area contributed by atoms with Gasteiger partial charge in [-0.1, -0.05) is 6.92 Å². The maximum absolute atomic E-state index is 9.92. The first-order valence-electron chi connectivity index (χ1n) is 8.70. The third kappa shape index (κ3) is 11.3. The summed E-state index contributed by atoms with van der Waals surface area (Å²) in [6.07, 6.45) is 8.85. The molecule has 2 nitrogen and oxygen atoms in total. The van der Waals surface area contributed by atoms with Crippen molar-refractivity contribution in [3.63, 3.8) is 0 Å². The number of benzene rings is 1. The van der Waals surface area contributed by atoms with Gasteiger partial charge in [0, 0.05) is 0 Å². The molecule has 126 valence electrons. The summed E-state index contributed by atoms with van der Waals surface area (Å²) in [5.74, 6) is 0. The van der Waals surface area contributed by atoms with E-state index in [1.54, 1.807) is 0 Å². The van der Waals surface area contributed by atoms with Crippen LogP contribution >= 0.6 is 0 Å². The van der Waals surface area contributed by atoms with Gasteiger partial charge in [-0.05, 0) is 0 Å². The summed E-state index contributed by atoms with van der Waals surface area (Å²) in [7, 11) is 0. The molecule has 0 aliphatic carbocycles. The quantitative estimate of drug-likeness (QED) is 0.387. The first-order valence-corrected chi connectivity index (χ1v) is 11.1. The molecule has 1 unspecified atom stereocenters. The van der Waals surface area contributed by atoms with Gasteiger partial charge in [0.2, 0.25) is 0 Å². The van der Waals surface area contributed by atoms with Crippen molar-refractivity contribution in [2.24, 2.45) is 0 Å². The third-order valence-electron chi connectivity index (χ3n) is 3.62. The van der Waals surface area contributed by atoms with E-state index in [1.165, 1.54) is 44.1 Å². The molecule has 1 N–H and O–H groups in total. The molecule has 0 amide bonds. The normalized spacial score (nSPS) is 12.5. The number of aliphatic hydroxyl groups excluding tert-OH is 1. The zero-order valence-corrected chi connectivity index (χ0v) is 15.7. The second-order valence-corrected chi connectivity index (χ2v) is 8.01. The fourth-order valence-electron chi connectivity index (χ4n) is 2.32. The molecule has 0 aromatic heterocycles. The molecular formula is C19H32O2Se. The molecule has 1 rings (SSSR count). The van der Waals surface area contributed by atoms with Gasteiger partial charge in [0.1, 0.15) is 0 Å². The van der Waals surface area contributed by atoms with Crippen molar-refractivity contribution in [1.82, 2.24) is 0 Å². The maximum atomic E-state index is 9.92. The summed E-state index contributed by atoms with van der Waals surface area (Å²) in [6, 6.07) is 10.5. The molecule has 0 heterocycles. The summed E-state index contributed by atoms with van der Waals surface area (Å²) >= 11 is 0.462. The fourth-order valence-corrected chi connectivity index (χ4v) is 4.23. The number of unbranched alkanes of at least 4 members (excludes halogenated alkanes) is 6. The van der Waals surface area contributed by atoms with Crippen LogP contribution in [0.25, 0.3) is 0 Å². The fraction of sp³-hybridized carbons (Fsp3) is 0.684. The zero-order valence-electron chi connectivity index (χ0n) is 14.0. The number of hydrogen-bond donors (Lipinski definition) is 1. The molecule has 0 bridgehead atoms. The Hall–Kier alpha value is -0.341.